The van der Waals surface area contributed by atoms with Gasteiger partial charge in [0.2, 0.25) is 0 Å². The van der Waals surface area contributed by atoms with E-state index in [-0.39, 0.29) is 12.0 Å². The van der Waals surface area contributed by atoms with Gasteiger partial charge in [0.1, 0.15) is 5.60 Å². The fourth-order valence-electron chi connectivity index (χ4n) is 1.60. The zero-order valence-electron chi connectivity index (χ0n) is 13.7. The van der Waals surface area contributed by atoms with E-state index in [1.54, 1.807) is 6.08 Å². The van der Waals surface area contributed by atoms with Gasteiger partial charge in [0.15, 0.2) is 0 Å². The van der Waals surface area contributed by atoms with E-state index in [1.165, 1.54) is 7.11 Å². The quantitative estimate of drug-likeness (QED) is 0.576. The van der Waals surface area contributed by atoms with Crippen molar-refractivity contribution in [2.75, 3.05) is 7.11 Å². The summed E-state index contributed by atoms with van der Waals surface area (Å²) in [6, 6.07) is -0.0194. The first kappa shape index (κ1) is 20.0. The van der Waals surface area contributed by atoms with Crippen molar-refractivity contribution in [3.05, 3.63) is 10.6 Å². The monoisotopic (exact) mass is 363 g/mol. The van der Waals surface area contributed by atoms with Crippen molar-refractivity contribution < 1.29 is 19.1 Å². The number of hydrogen-bond donors (Lipinski definition) is 1. The lowest BCUT2D eigenvalue weighted by molar-refractivity contribution is -0.135. The van der Waals surface area contributed by atoms with E-state index in [0.717, 1.165) is 0 Å². The molecule has 122 valence electrons. The highest BCUT2D eigenvalue weighted by Gasteiger charge is 2.21. The Bertz CT molecular complexity index is 386. The third-order valence-electron chi connectivity index (χ3n) is 2.69. The number of ether oxygens (including phenoxy) is 2. The second-order valence-corrected chi connectivity index (χ2v) is 6.97. The van der Waals surface area contributed by atoms with Crippen LogP contribution in [-0.2, 0) is 14.3 Å². The van der Waals surface area contributed by atoms with Crippen LogP contribution in [0.15, 0.2) is 10.6 Å². The maximum atomic E-state index is 11.8. The fourth-order valence-corrected chi connectivity index (χ4v) is 1.99. The molecule has 0 radical (unpaired) electrons. The highest BCUT2D eigenvalue weighted by molar-refractivity contribution is 9.12. The highest BCUT2D eigenvalue weighted by Crippen LogP contribution is 2.15. The molecule has 5 nitrogen and oxygen atoms in total. The molecule has 0 fully saturated rings. The van der Waals surface area contributed by atoms with Gasteiger partial charge in [-0.15, -0.1) is 0 Å². The van der Waals surface area contributed by atoms with Crippen molar-refractivity contribution in [3.63, 3.8) is 0 Å². The molecule has 0 aliphatic rings. The van der Waals surface area contributed by atoms with Crippen LogP contribution in [-0.4, -0.2) is 30.8 Å². The Kier molecular flexibility index (Phi) is 8.63. The lowest BCUT2D eigenvalue weighted by Gasteiger charge is -2.25. The number of esters is 1. The van der Waals surface area contributed by atoms with Crippen LogP contribution in [0.25, 0.3) is 0 Å². The molecule has 1 amide bonds. The second kappa shape index (κ2) is 9.07. The molecule has 0 saturated heterocycles. The first-order chi connectivity index (χ1) is 9.56. The van der Waals surface area contributed by atoms with Crippen LogP contribution in [0.4, 0.5) is 4.79 Å². The summed E-state index contributed by atoms with van der Waals surface area (Å²) in [4.78, 5) is 23.0. The average molecular weight is 364 g/mol. The van der Waals surface area contributed by atoms with Crippen LogP contribution in [0, 0.1) is 5.92 Å². The van der Waals surface area contributed by atoms with E-state index in [2.05, 4.69) is 26.0 Å². The van der Waals surface area contributed by atoms with Gasteiger partial charge in [0, 0.05) is 6.04 Å². The summed E-state index contributed by atoms with van der Waals surface area (Å²) in [5, 5.41) is 2.87. The van der Waals surface area contributed by atoms with Crippen LogP contribution in [0.5, 0.6) is 0 Å². The predicted octanol–water partition coefficient (Wildman–Crippen LogP) is 3.77. The number of amides is 1. The molecule has 1 N–H and O–H groups in total. The van der Waals surface area contributed by atoms with E-state index in [9.17, 15) is 9.59 Å². The molecule has 1 atom stereocenters. The molecular weight excluding hydrogens is 338 g/mol. The average Bonchev–Trinajstić information content (AvgIpc) is 2.33. The highest BCUT2D eigenvalue weighted by atomic mass is 79.9. The van der Waals surface area contributed by atoms with E-state index in [1.807, 2.05) is 34.6 Å². The molecule has 0 heterocycles. The zero-order valence-corrected chi connectivity index (χ0v) is 15.2. The SMILES string of the molecule is COC(=O)/C(Br)=C\CC[C@@H](NC(=O)OC(C)(C)C)C(C)C. The zero-order chi connectivity index (χ0) is 16.6. The van der Waals surface area contributed by atoms with Crippen molar-refractivity contribution in [2.24, 2.45) is 5.92 Å². The van der Waals surface area contributed by atoms with Crippen molar-refractivity contribution in [2.45, 2.75) is 59.1 Å². The molecule has 0 spiro atoms. The van der Waals surface area contributed by atoms with Gasteiger partial charge in [-0.25, -0.2) is 9.59 Å². The maximum Gasteiger partial charge on any atom is 0.407 e. The maximum absolute atomic E-state index is 11.8. The first-order valence-corrected chi connectivity index (χ1v) is 7.79. The van der Waals surface area contributed by atoms with Gasteiger partial charge in [-0.2, -0.15) is 0 Å². The smallest absolute Gasteiger partial charge is 0.407 e. The van der Waals surface area contributed by atoms with E-state index in [4.69, 9.17) is 4.74 Å². The second-order valence-electron chi connectivity index (χ2n) is 6.12. The van der Waals surface area contributed by atoms with Gasteiger partial charge >= 0.3 is 12.1 Å². The van der Waals surface area contributed by atoms with Gasteiger partial charge in [-0.3, -0.25) is 0 Å². The summed E-state index contributed by atoms with van der Waals surface area (Å²) in [5.74, 6) is -0.140. The number of alkyl carbamates (subject to hydrolysis) is 1. The minimum Gasteiger partial charge on any atom is -0.465 e. The molecule has 0 aromatic rings. The van der Waals surface area contributed by atoms with Gasteiger partial charge < -0.3 is 14.8 Å². The Balaban J connectivity index is 4.45. The summed E-state index contributed by atoms with van der Waals surface area (Å²) < 4.78 is 10.2. The Morgan fingerprint density at radius 3 is 2.29 bits per heavy atom. The molecule has 0 unspecified atom stereocenters. The number of halogens is 1. The van der Waals surface area contributed by atoms with Crippen LogP contribution in [0.2, 0.25) is 0 Å². The number of hydrogen-bond acceptors (Lipinski definition) is 4. The van der Waals surface area contributed by atoms with Crippen LogP contribution in [0.3, 0.4) is 0 Å². The lowest BCUT2D eigenvalue weighted by atomic mass is 9.99. The predicted molar refractivity (Wildman–Crippen MR) is 86.3 cm³/mol. The Labute approximate surface area is 135 Å². The van der Waals surface area contributed by atoms with Crippen LogP contribution in [0.1, 0.15) is 47.5 Å². The Morgan fingerprint density at radius 2 is 1.86 bits per heavy atom. The third kappa shape index (κ3) is 9.50. The molecule has 0 bridgehead atoms. The standard InChI is InChI=1S/C15H26BrNO4/c1-10(2)12(17-14(19)21-15(3,4)5)9-7-8-11(16)13(18)20-6/h8,10,12H,7,9H2,1-6H3,(H,17,19)/b11-8+/t12-/m1/s1. The van der Waals surface area contributed by atoms with Gasteiger partial charge in [0.05, 0.1) is 11.6 Å². The van der Waals surface area contributed by atoms with Crippen LogP contribution < -0.4 is 5.32 Å². The van der Waals surface area contributed by atoms with E-state index >= 15 is 0 Å². The fraction of sp³-hybridized carbons (Fsp3) is 0.733. The number of carbonyl (C=O) groups is 2. The molecule has 0 aliphatic heterocycles. The van der Waals surface area contributed by atoms with E-state index in [0.29, 0.717) is 17.3 Å². The van der Waals surface area contributed by atoms with Crippen LogP contribution >= 0.6 is 15.9 Å². The minimum atomic E-state index is -0.514. The largest absolute Gasteiger partial charge is 0.465 e. The van der Waals surface area contributed by atoms with Crippen molar-refractivity contribution in [3.8, 4) is 0 Å². The number of nitrogens with one attached hydrogen (secondary N) is 1. The molecule has 0 saturated carbocycles. The Morgan fingerprint density at radius 1 is 1.29 bits per heavy atom. The summed E-state index contributed by atoms with van der Waals surface area (Å²) in [6.45, 7) is 9.54. The topological polar surface area (TPSA) is 64.6 Å². The number of rotatable bonds is 6. The van der Waals surface area contributed by atoms with Crippen molar-refractivity contribution in [1.82, 2.24) is 5.32 Å². The van der Waals surface area contributed by atoms with Gasteiger partial charge in [-0.05, 0) is 55.5 Å². The van der Waals surface area contributed by atoms with Crippen molar-refractivity contribution >= 4 is 28.0 Å². The van der Waals surface area contributed by atoms with E-state index < -0.39 is 17.7 Å². The van der Waals surface area contributed by atoms with Gasteiger partial charge in [-0.1, -0.05) is 19.9 Å². The first-order valence-electron chi connectivity index (χ1n) is 7.00. The Hall–Kier alpha value is -1.04. The molecule has 6 heteroatoms. The van der Waals surface area contributed by atoms with Gasteiger partial charge in [0.25, 0.3) is 0 Å². The summed E-state index contributed by atoms with van der Waals surface area (Å²) in [7, 11) is 1.33. The lowest BCUT2D eigenvalue weighted by Crippen LogP contribution is -2.41. The summed E-state index contributed by atoms with van der Waals surface area (Å²) in [6.07, 6.45) is 2.69. The summed E-state index contributed by atoms with van der Waals surface area (Å²) >= 11 is 3.16. The number of methoxy groups -OCH3 is 1. The molecule has 0 rings (SSSR count). The number of allylic oxidation sites excluding steroid dienone is 1. The summed E-state index contributed by atoms with van der Waals surface area (Å²) in [5.41, 5.74) is -0.514. The molecule has 21 heavy (non-hydrogen) atoms. The number of carbonyl (C=O) groups excluding carboxylic acids is 2. The molecule has 0 aromatic carbocycles. The minimum absolute atomic E-state index is 0.0194. The normalized spacial score (nSPS) is 13.8. The molecular formula is C15H26BrNO4. The third-order valence-corrected chi connectivity index (χ3v) is 3.34. The molecule has 0 aliphatic carbocycles. The van der Waals surface area contributed by atoms with Crippen molar-refractivity contribution in [1.29, 1.82) is 0 Å². The molecule has 0 aromatic heterocycles.